The van der Waals surface area contributed by atoms with Crippen molar-refractivity contribution in [3.05, 3.63) is 48.6 Å². The lowest BCUT2D eigenvalue weighted by atomic mass is 10.1. The normalized spacial score (nSPS) is 10.8. The summed E-state index contributed by atoms with van der Waals surface area (Å²) in [4.78, 5) is 3.92. The van der Waals surface area contributed by atoms with Crippen molar-refractivity contribution in [2.75, 3.05) is 0 Å². The van der Waals surface area contributed by atoms with Crippen molar-refractivity contribution >= 4 is 69.6 Å². The number of halogens is 6. The predicted molar refractivity (Wildman–Crippen MR) is 79.7 cm³/mol. The van der Waals surface area contributed by atoms with Gasteiger partial charge in [0.25, 0.3) is 0 Å². The van der Waals surface area contributed by atoms with E-state index in [0.29, 0.717) is 16.1 Å². The second kappa shape index (κ2) is 5.62. The minimum atomic E-state index is 0.126. The van der Waals surface area contributed by atoms with Crippen LogP contribution in [0.1, 0.15) is 0 Å². The van der Waals surface area contributed by atoms with E-state index in [9.17, 15) is 0 Å². The van der Waals surface area contributed by atoms with Crippen LogP contribution in [0.5, 0.6) is 0 Å². The van der Waals surface area contributed by atoms with E-state index in [4.69, 9.17) is 69.6 Å². The Balaban J connectivity index is 2.71. The molecule has 0 atom stereocenters. The standard InChI is InChI=1S/C11H3Cl6N/c12-6-2-1-4(7(13)9(6)15)5-3-18-11(17)10(16)8(5)14/h1-3H. The first-order chi connectivity index (χ1) is 8.43. The lowest BCUT2D eigenvalue weighted by Crippen LogP contribution is -1.87. The molecule has 1 aromatic carbocycles. The first kappa shape index (κ1) is 14.5. The highest BCUT2D eigenvalue weighted by atomic mass is 35.5. The summed E-state index contributed by atoms with van der Waals surface area (Å²) in [6.07, 6.45) is 1.47. The molecule has 0 amide bonds. The fraction of sp³-hybridized carbons (Fsp3) is 0. The lowest BCUT2D eigenvalue weighted by molar-refractivity contribution is 1.33. The van der Waals surface area contributed by atoms with E-state index in [1.807, 2.05) is 0 Å². The van der Waals surface area contributed by atoms with Crippen LogP contribution in [0.3, 0.4) is 0 Å². The number of hydrogen-bond donors (Lipinski definition) is 0. The Hall–Kier alpha value is 0.110. The second-order valence-corrected chi connectivity index (χ2v) is 5.59. The third-order valence-electron chi connectivity index (χ3n) is 2.24. The molecule has 0 radical (unpaired) electrons. The van der Waals surface area contributed by atoms with Crippen LogP contribution in [0, 0.1) is 0 Å². The maximum absolute atomic E-state index is 6.12. The zero-order chi connectivity index (χ0) is 13.4. The van der Waals surface area contributed by atoms with E-state index in [1.54, 1.807) is 12.1 Å². The summed E-state index contributed by atoms with van der Waals surface area (Å²) < 4.78 is 0. The molecule has 7 heteroatoms. The fourth-order valence-corrected chi connectivity index (χ4v) is 2.58. The Labute approximate surface area is 134 Å². The molecular formula is C11H3Cl6N. The smallest absolute Gasteiger partial charge is 0.149 e. The minimum absolute atomic E-state index is 0.126. The second-order valence-electron chi connectivity index (χ2n) is 3.31. The predicted octanol–water partition coefficient (Wildman–Crippen LogP) is 6.67. The highest BCUT2D eigenvalue weighted by Gasteiger charge is 2.16. The van der Waals surface area contributed by atoms with Crippen molar-refractivity contribution in [2.45, 2.75) is 0 Å². The molecule has 0 aliphatic carbocycles. The SMILES string of the molecule is Clc1ccc(-c2cnc(Cl)c(Cl)c2Cl)c(Cl)c1Cl. The molecule has 0 fully saturated rings. The van der Waals surface area contributed by atoms with Crippen molar-refractivity contribution in [3.63, 3.8) is 0 Å². The fourth-order valence-electron chi connectivity index (χ4n) is 1.37. The zero-order valence-electron chi connectivity index (χ0n) is 8.45. The maximum Gasteiger partial charge on any atom is 0.149 e. The highest BCUT2D eigenvalue weighted by molar-refractivity contribution is 6.51. The molecular weight excluding hydrogens is 359 g/mol. The van der Waals surface area contributed by atoms with Crippen LogP contribution in [-0.2, 0) is 0 Å². The summed E-state index contributed by atoms with van der Waals surface area (Å²) >= 11 is 35.7. The van der Waals surface area contributed by atoms with Crippen molar-refractivity contribution in [3.8, 4) is 11.1 Å². The maximum atomic E-state index is 6.12. The molecule has 0 bridgehead atoms. The molecule has 18 heavy (non-hydrogen) atoms. The summed E-state index contributed by atoms with van der Waals surface area (Å²) in [5.74, 6) is 0. The molecule has 94 valence electrons. The van der Waals surface area contributed by atoms with Crippen LogP contribution in [0.4, 0.5) is 0 Å². The van der Waals surface area contributed by atoms with E-state index >= 15 is 0 Å². The monoisotopic (exact) mass is 359 g/mol. The van der Waals surface area contributed by atoms with Crippen molar-refractivity contribution in [1.82, 2.24) is 4.98 Å². The van der Waals surface area contributed by atoms with Crippen molar-refractivity contribution in [1.29, 1.82) is 0 Å². The van der Waals surface area contributed by atoms with Crippen LogP contribution in [0.2, 0.25) is 30.3 Å². The Morgan fingerprint density at radius 2 is 1.28 bits per heavy atom. The van der Waals surface area contributed by atoms with Crippen LogP contribution in [0.25, 0.3) is 11.1 Å². The molecule has 0 aliphatic heterocycles. The minimum Gasteiger partial charge on any atom is -0.242 e. The lowest BCUT2D eigenvalue weighted by Gasteiger charge is -2.10. The molecule has 0 N–H and O–H groups in total. The van der Waals surface area contributed by atoms with Gasteiger partial charge in [0.1, 0.15) is 5.15 Å². The third-order valence-corrected chi connectivity index (χ3v) is 4.78. The molecule has 1 heterocycles. The van der Waals surface area contributed by atoms with Gasteiger partial charge in [-0.15, -0.1) is 0 Å². The first-order valence-corrected chi connectivity index (χ1v) is 6.83. The summed E-state index contributed by atoms with van der Waals surface area (Å²) in [6.45, 7) is 0. The van der Waals surface area contributed by atoms with Gasteiger partial charge in [0.15, 0.2) is 0 Å². The van der Waals surface area contributed by atoms with Gasteiger partial charge in [0.2, 0.25) is 0 Å². The molecule has 0 saturated heterocycles. The quantitative estimate of drug-likeness (QED) is 0.408. The molecule has 1 nitrogen and oxygen atoms in total. The first-order valence-electron chi connectivity index (χ1n) is 4.57. The van der Waals surface area contributed by atoms with Gasteiger partial charge in [-0.05, 0) is 6.07 Å². The molecule has 0 saturated carbocycles. The number of hydrogen-bond acceptors (Lipinski definition) is 1. The van der Waals surface area contributed by atoms with Gasteiger partial charge < -0.3 is 0 Å². The van der Waals surface area contributed by atoms with Gasteiger partial charge in [0.05, 0.1) is 25.1 Å². The number of aromatic nitrogens is 1. The Kier molecular flexibility index (Phi) is 4.53. The van der Waals surface area contributed by atoms with Crippen molar-refractivity contribution in [2.24, 2.45) is 0 Å². The summed E-state index contributed by atoms with van der Waals surface area (Å²) in [6, 6.07) is 3.30. The van der Waals surface area contributed by atoms with Crippen LogP contribution >= 0.6 is 69.6 Å². The van der Waals surface area contributed by atoms with Crippen molar-refractivity contribution < 1.29 is 0 Å². The van der Waals surface area contributed by atoms with E-state index in [1.165, 1.54) is 6.20 Å². The average Bonchev–Trinajstić information content (AvgIpc) is 2.35. The molecule has 0 spiro atoms. The third kappa shape index (κ3) is 2.53. The van der Waals surface area contributed by atoms with E-state index in [-0.39, 0.29) is 25.2 Å². The number of nitrogens with zero attached hydrogens (tertiary/aromatic N) is 1. The Morgan fingerprint density at radius 3 is 1.94 bits per heavy atom. The summed E-state index contributed by atoms with van der Waals surface area (Å²) in [5, 5.41) is 1.44. The summed E-state index contributed by atoms with van der Waals surface area (Å²) in [5.41, 5.74) is 1.12. The van der Waals surface area contributed by atoms with E-state index < -0.39 is 0 Å². The Bertz CT molecular complexity index is 570. The molecule has 2 rings (SSSR count). The molecule has 0 unspecified atom stereocenters. The van der Waals surface area contributed by atoms with Gasteiger partial charge in [0, 0.05) is 17.3 Å². The van der Waals surface area contributed by atoms with Gasteiger partial charge in [-0.25, -0.2) is 4.98 Å². The highest BCUT2D eigenvalue weighted by Crippen LogP contribution is 2.42. The van der Waals surface area contributed by atoms with Gasteiger partial charge >= 0.3 is 0 Å². The molecule has 1 aromatic heterocycles. The van der Waals surface area contributed by atoms with Crippen LogP contribution in [-0.4, -0.2) is 4.98 Å². The van der Waals surface area contributed by atoms with Crippen LogP contribution < -0.4 is 0 Å². The summed E-state index contributed by atoms with van der Waals surface area (Å²) in [7, 11) is 0. The molecule has 0 aliphatic rings. The average molecular weight is 362 g/mol. The van der Waals surface area contributed by atoms with Gasteiger partial charge in [-0.2, -0.15) is 0 Å². The molecule has 2 aromatic rings. The van der Waals surface area contributed by atoms with Gasteiger partial charge in [-0.3, -0.25) is 0 Å². The van der Waals surface area contributed by atoms with Gasteiger partial charge in [-0.1, -0.05) is 75.7 Å². The topological polar surface area (TPSA) is 12.9 Å². The van der Waals surface area contributed by atoms with Crippen LogP contribution in [0.15, 0.2) is 18.3 Å². The largest absolute Gasteiger partial charge is 0.242 e. The number of pyridine rings is 1. The Morgan fingerprint density at radius 1 is 0.667 bits per heavy atom. The van der Waals surface area contributed by atoms with E-state index in [0.717, 1.165) is 0 Å². The number of benzene rings is 1. The zero-order valence-corrected chi connectivity index (χ0v) is 13.0. The number of rotatable bonds is 1. The van der Waals surface area contributed by atoms with E-state index in [2.05, 4.69) is 4.98 Å².